The Morgan fingerprint density at radius 2 is 1.35 bits per heavy atom. The Bertz CT molecular complexity index is 1340. The molecule has 1 heterocycles. The van der Waals surface area contributed by atoms with Crippen LogP contribution < -0.4 is 0 Å². The summed E-state index contributed by atoms with van der Waals surface area (Å²) in [6.45, 7) is 1.83. The summed E-state index contributed by atoms with van der Waals surface area (Å²) >= 11 is 5.95. The molecule has 0 aromatic heterocycles. The minimum Gasteiger partial charge on any atom is -0.374 e. The van der Waals surface area contributed by atoms with Crippen molar-refractivity contribution >= 4 is 37.0 Å². The molecule has 9 heteroatoms. The van der Waals surface area contributed by atoms with E-state index in [2.05, 4.69) is 5.16 Å². The average Bonchev–Trinajstić information content (AvgIpc) is 3.22. The molecule has 0 aliphatic carbocycles. The lowest BCUT2D eigenvalue weighted by molar-refractivity contribution is 0.141. The third-order valence-electron chi connectivity index (χ3n) is 4.97. The van der Waals surface area contributed by atoms with Crippen molar-refractivity contribution in [1.29, 1.82) is 0 Å². The van der Waals surface area contributed by atoms with Gasteiger partial charge in [-0.2, -0.15) is 0 Å². The van der Waals surface area contributed by atoms with Gasteiger partial charge in [-0.05, 0) is 43.3 Å². The van der Waals surface area contributed by atoms with Crippen LogP contribution in [0.25, 0.3) is 0 Å². The second-order valence-electron chi connectivity index (χ2n) is 7.09. The lowest BCUT2D eigenvalue weighted by Gasteiger charge is -2.20. The smallest absolute Gasteiger partial charge is 0.254 e. The molecular formula is C22H18ClNO5S2. The van der Waals surface area contributed by atoms with Gasteiger partial charge in [-0.3, -0.25) is 0 Å². The van der Waals surface area contributed by atoms with Gasteiger partial charge in [0, 0.05) is 10.6 Å². The summed E-state index contributed by atoms with van der Waals surface area (Å²) in [5.41, 5.74) is -0.430. The maximum absolute atomic E-state index is 13.6. The Morgan fingerprint density at radius 3 is 1.97 bits per heavy atom. The molecule has 3 aromatic rings. The van der Waals surface area contributed by atoms with Crippen LogP contribution >= 0.6 is 11.6 Å². The lowest BCUT2D eigenvalue weighted by Crippen LogP contribution is -2.42. The molecule has 0 amide bonds. The fourth-order valence-electron chi connectivity index (χ4n) is 3.31. The van der Waals surface area contributed by atoms with E-state index in [1.165, 1.54) is 24.3 Å². The highest BCUT2D eigenvalue weighted by Crippen LogP contribution is 2.34. The molecule has 0 bridgehead atoms. The predicted octanol–water partition coefficient (Wildman–Crippen LogP) is 4.03. The number of hydrogen-bond acceptors (Lipinski definition) is 6. The van der Waals surface area contributed by atoms with Crippen LogP contribution in [0.2, 0.25) is 5.02 Å². The van der Waals surface area contributed by atoms with Gasteiger partial charge in [0.25, 0.3) is 5.44 Å². The van der Waals surface area contributed by atoms with E-state index < -0.39 is 30.4 Å². The van der Waals surface area contributed by atoms with Gasteiger partial charge in [-0.15, -0.1) is 0 Å². The number of oxime groups is 1. The molecule has 3 aromatic carbocycles. The Kier molecular flexibility index (Phi) is 5.63. The van der Waals surface area contributed by atoms with Gasteiger partial charge in [0.2, 0.25) is 9.84 Å². The second kappa shape index (κ2) is 8.11. The Labute approximate surface area is 186 Å². The number of benzene rings is 3. The van der Waals surface area contributed by atoms with Crippen LogP contribution in [0.5, 0.6) is 0 Å². The van der Waals surface area contributed by atoms with E-state index in [1.54, 1.807) is 54.6 Å². The van der Waals surface area contributed by atoms with Crippen LogP contribution in [0.3, 0.4) is 0 Å². The van der Waals surface area contributed by atoms with Crippen LogP contribution in [0, 0.1) is 6.92 Å². The summed E-state index contributed by atoms with van der Waals surface area (Å²) in [7, 11) is -8.35. The number of halogens is 1. The normalized spacial score (nSPS) is 19.0. The summed E-state index contributed by atoms with van der Waals surface area (Å²) in [5, 5.41) is 2.81. The lowest BCUT2D eigenvalue weighted by atomic mass is 10.1. The number of hydrogen-bond donors (Lipinski definition) is 0. The first-order valence-electron chi connectivity index (χ1n) is 9.30. The number of nitrogens with zero attached hydrogens (tertiary/aromatic N) is 1. The third kappa shape index (κ3) is 3.98. The molecule has 0 fully saturated rings. The maximum Gasteiger partial charge on any atom is 0.254 e. The highest BCUT2D eigenvalue weighted by molar-refractivity contribution is 7.96. The first-order valence-corrected chi connectivity index (χ1v) is 12.8. The van der Waals surface area contributed by atoms with Gasteiger partial charge in [-0.25, -0.2) is 16.8 Å². The summed E-state index contributed by atoms with van der Waals surface area (Å²) in [4.78, 5) is 5.25. The molecule has 160 valence electrons. The summed E-state index contributed by atoms with van der Waals surface area (Å²) in [6.07, 6.45) is 0. The molecule has 0 spiro atoms. The van der Waals surface area contributed by atoms with Crippen molar-refractivity contribution in [2.75, 3.05) is 0 Å². The summed E-state index contributed by atoms with van der Waals surface area (Å²) < 4.78 is 53.9. The van der Waals surface area contributed by atoms with E-state index in [4.69, 9.17) is 16.4 Å². The Balaban J connectivity index is 1.86. The number of sulfone groups is 2. The zero-order valence-electron chi connectivity index (χ0n) is 16.3. The van der Waals surface area contributed by atoms with E-state index in [9.17, 15) is 16.8 Å². The van der Waals surface area contributed by atoms with Gasteiger partial charge in [0.15, 0.2) is 15.1 Å². The SMILES string of the molecule is Cc1ccc(S(=O)(=O)[C@@H]2ON=C(c3ccc(Cl)cc3)[C@H]2S(=O)(=O)c2ccccc2)cc1. The molecular weight excluding hydrogens is 458 g/mol. The highest BCUT2D eigenvalue weighted by atomic mass is 35.5. The van der Waals surface area contributed by atoms with Crippen molar-refractivity contribution in [2.45, 2.75) is 27.4 Å². The van der Waals surface area contributed by atoms with Gasteiger partial charge in [0.05, 0.1) is 9.79 Å². The molecule has 1 aliphatic heterocycles. The minimum absolute atomic E-state index is 0.0150. The molecule has 1 aliphatic rings. The van der Waals surface area contributed by atoms with Crippen LogP contribution in [0.1, 0.15) is 11.1 Å². The fraction of sp³-hybridized carbons (Fsp3) is 0.136. The first-order chi connectivity index (χ1) is 14.7. The largest absolute Gasteiger partial charge is 0.374 e. The molecule has 6 nitrogen and oxygen atoms in total. The van der Waals surface area contributed by atoms with Crippen LogP contribution in [-0.2, 0) is 24.5 Å². The van der Waals surface area contributed by atoms with Gasteiger partial charge in [0.1, 0.15) is 5.71 Å². The van der Waals surface area contributed by atoms with Gasteiger partial charge < -0.3 is 4.84 Å². The average molecular weight is 476 g/mol. The van der Waals surface area contributed by atoms with E-state index in [1.807, 2.05) is 6.92 Å². The molecule has 0 saturated carbocycles. The van der Waals surface area contributed by atoms with Crippen LogP contribution in [-0.4, -0.2) is 33.2 Å². The highest BCUT2D eigenvalue weighted by Gasteiger charge is 2.52. The summed E-state index contributed by atoms with van der Waals surface area (Å²) in [5.74, 6) is 0. The molecule has 0 N–H and O–H groups in total. The molecule has 4 rings (SSSR count). The predicted molar refractivity (Wildman–Crippen MR) is 119 cm³/mol. The second-order valence-corrected chi connectivity index (χ2v) is 11.6. The molecule has 0 saturated heterocycles. The minimum atomic E-state index is -4.19. The Morgan fingerprint density at radius 1 is 0.774 bits per heavy atom. The zero-order valence-corrected chi connectivity index (χ0v) is 18.7. The standard InChI is InChI=1S/C22H18ClNO5S2/c1-15-7-13-19(14-8-15)31(27,28)22-21(30(25,26)18-5-3-2-4-6-18)20(24-29-22)16-9-11-17(23)12-10-16/h2-14,21-22H,1H3/t21-,22+/m1/s1. The van der Waals surface area contributed by atoms with Crippen molar-refractivity contribution < 1.29 is 21.7 Å². The number of aryl methyl sites for hydroxylation is 1. The van der Waals surface area contributed by atoms with Crippen LogP contribution in [0.15, 0.2) is 93.8 Å². The molecule has 0 radical (unpaired) electrons. The van der Waals surface area contributed by atoms with Crippen molar-refractivity contribution in [3.05, 3.63) is 95.0 Å². The maximum atomic E-state index is 13.6. The van der Waals surface area contributed by atoms with Crippen LogP contribution in [0.4, 0.5) is 0 Å². The zero-order chi connectivity index (χ0) is 22.2. The van der Waals surface area contributed by atoms with E-state index >= 15 is 0 Å². The van der Waals surface area contributed by atoms with Gasteiger partial charge >= 0.3 is 0 Å². The van der Waals surface area contributed by atoms with Gasteiger partial charge in [-0.1, -0.05) is 64.8 Å². The topological polar surface area (TPSA) is 89.9 Å². The third-order valence-corrected chi connectivity index (χ3v) is 9.36. The first kappa shape index (κ1) is 21.5. The van der Waals surface area contributed by atoms with Crippen molar-refractivity contribution in [1.82, 2.24) is 0 Å². The summed E-state index contributed by atoms with van der Waals surface area (Å²) in [6, 6.07) is 20.1. The monoisotopic (exact) mass is 475 g/mol. The van der Waals surface area contributed by atoms with E-state index in [-0.39, 0.29) is 15.5 Å². The molecule has 2 atom stereocenters. The molecule has 31 heavy (non-hydrogen) atoms. The fourth-order valence-corrected chi connectivity index (χ4v) is 7.36. The number of rotatable bonds is 5. The quantitative estimate of drug-likeness (QED) is 0.555. The Hall–Kier alpha value is -2.68. The van der Waals surface area contributed by atoms with Crippen molar-refractivity contribution in [2.24, 2.45) is 5.16 Å². The molecule has 0 unspecified atom stereocenters. The van der Waals surface area contributed by atoms with Crippen molar-refractivity contribution in [3.8, 4) is 0 Å². The van der Waals surface area contributed by atoms with E-state index in [0.717, 1.165) is 5.56 Å². The van der Waals surface area contributed by atoms with E-state index in [0.29, 0.717) is 10.6 Å². The van der Waals surface area contributed by atoms with Crippen molar-refractivity contribution in [3.63, 3.8) is 0 Å².